The highest BCUT2D eigenvalue weighted by atomic mass is 32.2. The smallest absolute Gasteiger partial charge is 0.272 e. The van der Waals surface area contributed by atoms with Crippen LogP contribution in [0.1, 0.15) is 16.1 Å². The molecule has 0 radical (unpaired) electrons. The summed E-state index contributed by atoms with van der Waals surface area (Å²) in [6.07, 6.45) is 0. The van der Waals surface area contributed by atoms with Crippen molar-refractivity contribution >= 4 is 26.8 Å². The van der Waals surface area contributed by atoms with Crippen LogP contribution in [-0.4, -0.2) is 24.1 Å². The first-order chi connectivity index (χ1) is 11.4. The van der Waals surface area contributed by atoms with E-state index < -0.39 is 10.0 Å². The summed E-state index contributed by atoms with van der Waals surface area (Å²) in [5.74, 6) is -0.290. The normalized spacial score (nSPS) is 11.6. The molecule has 24 heavy (non-hydrogen) atoms. The minimum absolute atomic E-state index is 0.0355. The standard InChI is InChI=1S/C16H16N4O3S/c1-20-14-5-3-2-4-13(14)15(19-20)16(21)18-10-11-6-8-12(9-7-11)24(17,22)23/h2-9H,10H2,1H3,(H,18,21)(H2,17,22,23). The molecule has 0 aliphatic rings. The van der Waals surface area contributed by atoms with Gasteiger partial charge in [0.2, 0.25) is 10.0 Å². The molecule has 1 aromatic heterocycles. The van der Waals surface area contributed by atoms with Crippen molar-refractivity contribution < 1.29 is 13.2 Å². The zero-order chi connectivity index (χ0) is 17.3. The first kappa shape index (κ1) is 16.2. The maximum atomic E-state index is 12.4. The van der Waals surface area contributed by atoms with Crippen LogP contribution in [0.5, 0.6) is 0 Å². The van der Waals surface area contributed by atoms with Gasteiger partial charge in [-0.15, -0.1) is 0 Å². The van der Waals surface area contributed by atoms with E-state index in [1.807, 2.05) is 24.3 Å². The lowest BCUT2D eigenvalue weighted by atomic mass is 10.2. The Morgan fingerprint density at radius 1 is 1.17 bits per heavy atom. The Morgan fingerprint density at radius 2 is 1.83 bits per heavy atom. The van der Waals surface area contributed by atoms with Crippen molar-refractivity contribution in [3.63, 3.8) is 0 Å². The molecule has 3 aromatic rings. The number of carbonyl (C=O) groups is 1. The lowest BCUT2D eigenvalue weighted by Crippen LogP contribution is -2.23. The molecule has 0 aliphatic carbocycles. The fraction of sp³-hybridized carbons (Fsp3) is 0.125. The molecule has 2 aromatic carbocycles. The molecule has 3 N–H and O–H groups in total. The molecule has 0 saturated heterocycles. The van der Waals surface area contributed by atoms with E-state index in [0.29, 0.717) is 5.69 Å². The van der Waals surface area contributed by atoms with E-state index in [9.17, 15) is 13.2 Å². The molecule has 8 heteroatoms. The molecule has 1 amide bonds. The number of nitrogens with one attached hydrogen (secondary N) is 1. The number of aryl methyl sites for hydroxylation is 1. The second-order valence-electron chi connectivity index (χ2n) is 5.36. The summed E-state index contributed by atoms with van der Waals surface area (Å²) in [7, 11) is -1.93. The summed E-state index contributed by atoms with van der Waals surface area (Å²) in [6, 6.07) is 13.5. The lowest BCUT2D eigenvalue weighted by Gasteiger charge is -2.05. The average Bonchev–Trinajstić information content (AvgIpc) is 2.90. The van der Waals surface area contributed by atoms with Gasteiger partial charge in [0.05, 0.1) is 10.4 Å². The third kappa shape index (κ3) is 3.15. The highest BCUT2D eigenvalue weighted by Crippen LogP contribution is 2.17. The van der Waals surface area contributed by atoms with Gasteiger partial charge in [0.1, 0.15) is 0 Å². The van der Waals surface area contributed by atoms with E-state index in [4.69, 9.17) is 5.14 Å². The fourth-order valence-electron chi connectivity index (χ4n) is 2.44. The predicted octanol–water partition coefficient (Wildman–Crippen LogP) is 1.15. The van der Waals surface area contributed by atoms with Gasteiger partial charge in [-0.1, -0.05) is 30.3 Å². The molecule has 0 atom stereocenters. The van der Waals surface area contributed by atoms with Crippen molar-refractivity contribution in [2.45, 2.75) is 11.4 Å². The molecule has 0 fully saturated rings. The second kappa shape index (κ2) is 6.06. The SMILES string of the molecule is Cn1nc(C(=O)NCc2ccc(S(N)(=O)=O)cc2)c2ccccc21. The van der Waals surface area contributed by atoms with Crippen LogP contribution in [0.4, 0.5) is 0 Å². The number of primary sulfonamides is 1. The number of rotatable bonds is 4. The molecular formula is C16H16N4O3S. The van der Waals surface area contributed by atoms with Crippen molar-refractivity contribution in [2.24, 2.45) is 12.2 Å². The first-order valence-electron chi connectivity index (χ1n) is 7.18. The van der Waals surface area contributed by atoms with Gasteiger partial charge in [-0.25, -0.2) is 13.6 Å². The number of nitrogens with two attached hydrogens (primary N) is 1. The second-order valence-corrected chi connectivity index (χ2v) is 6.92. The van der Waals surface area contributed by atoms with Gasteiger partial charge in [0.25, 0.3) is 5.91 Å². The number of benzene rings is 2. The van der Waals surface area contributed by atoms with Gasteiger partial charge in [-0.05, 0) is 23.8 Å². The number of carbonyl (C=O) groups excluding carboxylic acids is 1. The fourth-order valence-corrected chi connectivity index (χ4v) is 2.96. The van der Waals surface area contributed by atoms with Crippen LogP contribution in [-0.2, 0) is 23.6 Å². The molecule has 0 aliphatic heterocycles. The Bertz CT molecular complexity index is 1010. The topological polar surface area (TPSA) is 107 Å². The van der Waals surface area contributed by atoms with Gasteiger partial charge < -0.3 is 5.32 Å². The van der Waals surface area contributed by atoms with Crippen LogP contribution in [0.2, 0.25) is 0 Å². The van der Waals surface area contributed by atoms with Crippen molar-refractivity contribution in [3.8, 4) is 0 Å². The first-order valence-corrected chi connectivity index (χ1v) is 8.72. The van der Waals surface area contributed by atoms with Crippen molar-refractivity contribution in [2.75, 3.05) is 0 Å². The number of para-hydroxylation sites is 1. The largest absolute Gasteiger partial charge is 0.347 e. The summed E-state index contributed by atoms with van der Waals surface area (Å²) in [5, 5.41) is 12.9. The maximum absolute atomic E-state index is 12.4. The van der Waals surface area contributed by atoms with E-state index in [2.05, 4.69) is 10.4 Å². The van der Waals surface area contributed by atoms with Crippen molar-refractivity contribution in [1.82, 2.24) is 15.1 Å². The molecule has 7 nitrogen and oxygen atoms in total. The van der Waals surface area contributed by atoms with Gasteiger partial charge in [-0.3, -0.25) is 9.48 Å². The quantitative estimate of drug-likeness (QED) is 0.740. The van der Waals surface area contributed by atoms with Crippen LogP contribution >= 0.6 is 0 Å². The van der Waals surface area contributed by atoms with Gasteiger partial charge >= 0.3 is 0 Å². The van der Waals surface area contributed by atoms with Crippen molar-refractivity contribution in [3.05, 3.63) is 59.8 Å². The Kier molecular flexibility index (Phi) is 4.08. The summed E-state index contributed by atoms with van der Waals surface area (Å²) in [5.41, 5.74) is 1.99. The van der Waals surface area contributed by atoms with E-state index >= 15 is 0 Å². The number of amides is 1. The number of aromatic nitrogens is 2. The Labute approximate surface area is 139 Å². The number of sulfonamides is 1. The van der Waals surface area contributed by atoms with Gasteiger partial charge in [0, 0.05) is 19.0 Å². The molecule has 124 valence electrons. The minimum Gasteiger partial charge on any atom is -0.347 e. The lowest BCUT2D eigenvalue weighted by molar-refractivity contribution is 0.0946. The van der Waals surface area contributed by atoms with E-state index in [1.54, 1.807) is 23.9 Å². The summed E-state index contributed by atoms with van der Waals surface area (Å²) in [6.45, 7) is 0.259. The summed E-state index contributed by atoms with van der Waals surface area (Å²) < 4.78 is 24.1. The van der Waals surface area contributed by atoms with Crippen LogP contribution in [0.3, 0.4) is 0 Å². The highest BCUT2D eigenvalue weighted by Gasteiger charge is 2.15. The van der Waals surface area contributed by atoms with Crippen LogP contribution < -0.4 is 10.5 Å². The van der Waals surface area contributed by atoms with E-state index in [0.717, 1.165) is 16.5 Å². The molecule has 0 spiro atoms. The molecular weight excluding hydrogens is 328 g/mol. The zero-order valence-corrected chi connectivity index (χ0v) is 13.7. The molecule has 0 bridgehead atoms. The average molecular weight is 344 g/mol. The third-order valence-electron chi connectivity index (χ3n) is 3.68. The number of hydrogen-bond donors (Lipinski definition) is 2. The van der Waals surface area contributed by atoms with Crippen molar-refractivity contribution in [1.29, 1.82) is 0 Å². The Hall–Kier alpha value is -2.71. The van der Waals surface area contributed by atoms with Crippen LogP contribution in [0, 0.1) is 0 Å². The van der Waals surface area contributed by atoms with Crippen LogP contribution in [0.15, 0.2) is 53.4 Å². The summed E-state index contributed by atoms with van der Waals surface area (Å²) >= 11 is 0. The maximum Gasteiger partial charge on any atom is 0.272 e. The molecule has 0 unspecified atom stereocenters. The van der Waals surface area contributed by atoms with E-state index in [1.165, 1.54) is 12.1 Å². The monoisotopic (exact) mass is 344 g/mol. The Balaban J connectivity index is 1.75. The Morgan fingerprint density at radius 3 is 2.50 bits per heavy atom. The number of nitrogens with zero attached hydrogens (tertiary/aromatic N) is 2. The minimum atomic E-state index is -3.72. The van der Waals surface area contributed by atoms with Gasteiger partial charge in [-0.2, -0.15) is 5.10 Å². The van der Waals surface area contributed by atoms with Gasteiger partial charge in [0.15, 0.2) is 5.69 Å². The van der Waals surface area contributed by atoms with E-state index in [-0.39, 0.29) is 17.3 Å². The number of hydrogen-bond acceptors (Lipinski definition) is 4. The van der Waals surface area contributed by atoms with Crippen LogP contribution in [0.25, 0.3) is 10.9 Å². The zero-order valence-electron chi connectivity index (χ0n) is 12.9. The molecule has 0 saturated carbocycles. The predicted molar refractivity (Wildman–Crippen MR) is 89.7 cm³/mol. The number of fused-ring (bicyclic) bond motifs is 1. The molecule has 3 rings (SSSR count). The molecule has 1 heterocycles. The summed E-state index contributed by atoms with van der Waals surface area (Å²) in [4.78, 5) is 12.4. The third-order valence-corrected chi connectivity index (χ3v) is 4.61. The highest BCUT2D eigenvalue weighted by molar-refractivity contribution is 7.89.